The van der Waals surface area contributed by atoms with E-state index in [-0.39, 0.29) is 5.97 Å². The monoisotopic (exact) mass is 259 g/mol. The molecule has 0 aromatic heterocycles. The van der Waals surface area contributed by atoms with Crippen LogP contribution in [0.5, 0.6) is 0 Å². The van der Waals surface area contributed by atoms with Gasteiger partial charge in [0.1, 0.15) is 0 Å². The molecule has 0 saturated carbocycles. The minimum atomic E-state index is -0.638. The number of nitrogens with zero attached hydrogens (tertiary/aromatic N) is 1. The molecule has 4 heteroatoms. The molecule has 0 heterocycles. The molecule has 0 bridgehead atoms. The van der Waals surface area contributed by atoms with Crippen LogP contribution in [-0.2, 0) is 9.53 Å². The highest BCUT2D eigenvalue weighted by molar-refractivity contribution is 5.69. The van der Waals surface area contributed by atoms with E-state index < -0.39 is 5.60 Å². The molecule has 108 valence electrons. The molecule has 0 aliphatic carbocycles. The van der Waals surface area contributed by atoms with Gasteiger partial charge in [0.05, 0.1) is 12.2 Å². The molecular formula is C14H29NO3. The SMILES string of the molecule is CCOC(=O)CCCCCN(CC)CC(C)(C)O. The minimum absolute atomic E-state index is 0.0960. The molecular weight excluding hydrogens is 230 g/mol. The van der Waals surface area contributed by atoms with Gasteiger partial charge in [0.25, 0.3) is 0 Å². The van der Waals surface area contributed by atoms with Crippen LogP contribution < -0.4 is 0 Å². The first-order valence-electron chi connectivity index (χ1n) is 6.99. The molecule has 0 aliphatic heterocycles. The number of unbranched alkanes of at least 4 members (excludes halogenated alkanes) is 2. The van der Waals surface area contributed by atoms with Crippen LogP contribution in [0.4, 0.5) is 0 Å². The van der Waals surface area contributed by atoms with Crippen LogP contribution in [0.1, 0.15) is 53.4 Å². The first-order valence-corrected chi connectivity index (χ1v) is 6.99. The van der Waals surface area contributed by atoms with E-state index in [2.05, 4.69) is 11.8 Å². The Morgan fingerprint density at radius 2 is 1.89 bits per heavy atom. The summed E-state index contributed by atoms with van der Waals surface area (Å²) in [6.07, 6.45) is 3.49. The van der Waals surface area contributed by atoms with E-state index >= 15 is 0 Å². The number of likely N-dealkylation sites (N-methyl/N-ethyl adjacent to an activating group) is 1. The van der Waals surface area contributed by atoms with Crippen LogP contribution in [0.15, 0.2) is 0 Å². The van der Waals surface area contributed by atoms with Gasteiger partial charge in [0, 0.05) is 13.0 Å². The maximum atomic E-state index is 11.1. The Balaban J connectivity index is 3.60. The predicted octanol–water partition coefficient (Wildman–Crippen LogP) is 2.20. The third-order valence-corrected chi connectivity index (χ3v) is 2.72. The number of carbonyl (C=O) groups excluding carboxylic acids is 1. The second-order valence-corrected chi connectivity index (χ2v) is 5.30. The maximum Gasteiger partial charge on any atom is 0.305 e. The van der Waals surface area contributed by atoms with Crippen LogP contribution in [0.2, 0.25) is 0 Å². The molecule has 0 saturated heterocycles. The number of esters is 1. The van der Waals surface area contributed by atoms with Crippen LogP contribution in [0, 0.1) is 0 Å². The summed E-state index contributed by atoms with van der Waals surface area (Å²) in [7, 11) is 0. The van der Waals surface area contributed by atoms with E-state index in [0.717, 1.165) is 32.4 Å². The quantitative estimate of drug-likeness (QED) is 0.483. The molecule has 0 aromatic rings. The van der Waals surface area contributed by atoms with Crippen molar-refractivity contribution >= 4 is 5.97 Å². The molecule has 0 spiro atoms. The summed E-state index contributed by atoms with van der Waals surface area (Å²) in [5.41, 5.74) is -0.638. The molecule has 0 aliphatic rings. The Morgan fingerprint density at radius 1 is 1.22 bits per heavy atom. The molecule has 4 nitrogen and oxygen atoms in total. The van der Waals surface area contributed by atoms with Crippen LogP contribution >= 0.6 is 0 Å². The van der Waals surface area contributed by atoms with Crippen LogP contribution in [0.3, 0.4) is 0 Å². The number of hydrogen-bond acceptors (Lipinski definition) is 4. The van der Waals surface area contributed by atoms with Gasteiger partial charge in [-0.25, -0.2) is 0 Å². The van der Waals surface area contributed by atoms with E-state index in [9.17, 15) is 9.90 Å². The smallest absolute Gasteiger partial charge is 0.305 e. The second kappa shape index (κ2) is 9.34. The van der Waals surface area contributed by atoms with Gasteiger partial charge in [-0.1, -0.05) is 13.3 Å². The maximum absolute atomic E-state index is 11.1. The fourth-order valence-corrected chi connectivity index (χ4v) is 1.91. The van der Waals surface area contributed by atoms with Gasteiger partial charge in [-0.3, -0.25) is 4.79 Å². The number of ether oxygens (including phenoxy) is 1. The fourth-order valence-electron chi connectivity index (χ4n) is 1.91. The van der Waals surface area contributed by atoms with Gasteiger partial charge < -0.3 is 14.7 Å². The minimum Gasteiger partial charge on any atom is -0.466 e. The van der Waals surface area contributed by atoms with Gasteiger partial charge >= 0.3 is 5.97 Å². The lowest BCUT2D eigenvalue weighted by Crippen LogP contribution is -2.39. The summed E-state index contributed by atoms with van der Waals surface area (Å²) < 4.78 is 4.87. The number of rotatable bonds is 10. The highest BCUT2D eigenvalue weighted by Gasteiger charge is 2.16. The second-order valence-electron chi connectivity index (χ2n) is 5.30. The van der Waals surface area contributed by atoms with Gasteiger partial charge in [-0.05, 0) is 46.7 Å². The molecule has 0 unspecified atom stereocenters. The molecule has 0 radical (unpaired) electrons. The standard InChI is InChI=1S/C14H29NO3/c1-5-15(12-14(3,4)17)11-9-7-8-10-13(16)18-6-2/h17H,5-12H2,1-4H3. The topological polar surface area (TPSA) is 49.8 Å². The van der Waals surface area contributed by atoms with Crippen molar-refractivity contribution in [1.29, 1.82) is 0 Å². The lowest BCUT2D eigenvalue weighted by atomic mass is 10.1. The third kappa shape index (κ3) is 10.5. The molecule has 0 atom stereocenters. The fraction of sp³-hybridized carbons (Fsp3) is 0.929. The van der Waals surface area contributed by atoms with Gasteiger partial charge in [-0.15, -0.1) is 0 Å². The number of aliphatic hydroxyl groups is 1. The van der Waals surface area contributed by atoms with Gasteiger partial charge in [-0.2, -0.15) is 0 Å². The summed E-state index contributed by atoms with van der Waals surface area (Å²) in [6.45, 7) is 10.7. The third-order valence-electron chi connectivity index (χ3n) is 2.72. The zero-order valence-corrected chi connectivity index (χ0v) is 12.4. The predicted molar refractivity (Wildman–Crippen MR) is 73.5 cm³/mol. The molecule has 18 heavy (non-hydrogen) atoms. The average Bonchev–Trinajstić information content (AvgIpc) is 2.25. The van der Waals surface area contributed by atoms with Crippen molar-refractivity contribution in [3.05, 3.63) is 0 Å². The van der Waals surface area contributed by atoms with Crippen molar-refractivity contribution in [3.63, 3.8) is 0 Å². The van der Waals surface area contributed by atoms with Gasteiger partial charge in [0.15, 0.2) is 0 Å². The summed E-state index contributed by atoms with van der Waals surface area (Å²) >= 11 is 0. The Kier molecular flexibility index (Phi) is 9.02. The summed E-state index contributed by atoms with van der Waals surface area (Å²) in [6, 6.07) is 0. The molecule has 0 aromatic carbocycles. The van der Waals surface area contributed by atoms with E-state index in [1.54, 1.807) is 0 Å². The Labute approximate surface area is 111 Å². The summed E-state index contributed by atoms with van der Waals surface area (Å²) in [5, 5.41) is 9.75. The Bertz CT molecular complexity index is 224. The van der Waals surface area contributed by atoms with Crippen LogP contribution in [-0.4, -0.2) is 47.8 Å². The number of carbonyl (C=O) groups is 1. The van der Waals surface area contributed by atoms with Crippen molar-refractivity contribution < 1.29 is 14.6 Å². The van der Waals surface area contributed by atoms with E-state index in [1.165, 1.54) is 0 Å². The van der Waals surface area contributed by atoms with E-state index in [4.69, 9.17) is 4.74 Å². The van der Waals surface area contributed by atoms with E-state index in [1.807, 2.05) is 20.8 Å². The summed E-state index contributed by atoms with van der Waals surface area (Å²) in [4.78, 5) is 13.4. The normalized spacial score (nSPS) is 11.9. The Hall–Kier alpha value is -0.610. The highest BCUT2D eigenvalue weighted by Crippen LogP contribution is 2.07. The van der Waals surface area contributed by atoms with Crippen molar-refractivity contribution in [2.75, 3.05) is 26.2 Å². The molecule has 1 N–H and O–H groups in total. The Morgan fingerprint density at radius 3 is 2.39 bits per heavy atom. The zero-order valence-electron chi connectivity index (χ0n) is 12.4. The van der Waals surface area contributed by atoms with Gasteiger partial charge in [0.2, 0.25) is 0 Å². The van der Waals surface area contributed by atoms with Crippen molar-refractivity contribution in [3.8, 4) is 0 Å². The molecule has 0 amide bonds. The largest absolute Gasteiger partial charge is 0.466 e. The lowest BCUT2D eigenvalue weighted by molar-refractivity contribution is -0.143. The van der Waals surface area contributed by atoms with Crippen molar-refractivity contribution in [1.82, 2.24) is 4.90 Å². The van der Waals surface area contributed by atoms with Crippen molar-refractivity contribution in [2.45, 2.75) is 59.0 Å². The van der Waals surface area contributed by atoms with Crippen LogP contribution in [0.25, 0.3) is 0 Å². The summed E-state index contributed by atoms with van der Waals surface area (Å²) in [5.74, 6) is -0.0960. The molecule has 0 fully saturated rings. The van der Waals surface area contributed by atoms with E-state index in [0.29, 0.717) is 19.6 Å². The first kappa shape index (κ1) is 17.4. The number of hydrogen-bond donors (Lipinski definition) is 1. The molecule has 0 rings (SSSR count). The lowest BCUT2D eigenvalue weighted by Gasteiger charge is -2.27. The highest BCUT2D eigenvalue weighted by atomic mass is 16.5. The zero-order chi connectivity index (χ0) is 14.0. The first-order chi connectivity index (χ1) is 8.39. The average molecular weight is 259 g/mol. The van der Waals surface area contributed by atoms with Crippen molar-refractivity contribution in [2.24, 2.45) is 0 Å².